The van der Waals surface area contributed by atoms with Crippen molar-refractivity contribution >= 4 is 11.8 Å². The molecule has 0 bridgehead atoms. The van der Waals surface area contributed by atoms with Crippen LogP contribution in [0.15, 0.2) is 11.1 Å². The highest BCUT2D eigenvalue weighted by atomic mass is 16.5. The van der Waals surface area contributed by atoms with Gasteiger partial charge in [0, 0.05) is 11.8 Å². The van der Waals surface area contributed by atoms with Crippen molar-refractivity contribution in [3.63, 3.8) is 0 Å². The average Bonchev–Trinajstić information content (AvgIpc) is 3.15. The van der Waals surface area contributed by atoms with Crippen molar-refractivity contribution in [3.8, 4) is 0 Å². The summed E-state index contributed by atoms with van der Waals surface area (Å²) in [6, 6.07) is 0. The van der Waals surface area contributed by atoms with Gasteiger partial charge in [-0.25, -0.2) is 0 Å². The minimum Gasteiger partial charge on any atom is -0.462 e. The van der Waals surface area contributed by atoms with Crippen LogP contribution >= 0.6 is 0 Å². The molecule has 4 saturated carbocycles. The molecule has 0 amide bonds. The fourth-order valence-electron chi connectivity index (χ4n) is 12.1. The third kappa shape index (κ3) is 5.28. The van der Waals surface area contributed by atoms with E-state index in [1.165, 1.54) is 37.7 Å². The molecule has 250 valence electrons. The largest absolute Gasteiger partial charge is 0.462 e. The molecule has 5 aliphatic carbocycles. The molecule has 0 radical (unpaired) electrons. The average molecular weight is 611 g/mol. The first kappa shape index (κ1) is 34.2. The van der Waals surface area contributed by atoms with Gasteiger partial charge in [-0.05, 0) is 128 Å². The molecule has 5 rings (SSSR count). The highest BCUT2D eigenvalue weighted by Gasteiger charge is 2.69. The lowest BCUT2D eigenvalue weighted by atomic mass is 9.33. The standard InChI is InChI=1S/C40H66O4/c1-25(2)32-27(41)22-37(10)20-21-39(12)26(33(32)37)14-15-29-38(11)18-17-30(36(8,9)28(38)16-19-40(29,39)13)44-31(42)23-35(6,7)24-43-34(3,4)5/h25-26,28-30H,14-24H2,1-13H3. The Bertz CT molecular complexity index is 1200. The fraction of sp³-hybridized carbons (Fsp3) is 0.900. The molecular weight excluding hydrogens is 544 g/mol. The highest BCUT2D eigenvalue weighted by molar-refractivity contribution is 6.00. The number of hydrogen-bond acceptors (Lipinski definition) is 4. The zero-order chi connectivity index (χ0) is 32.9. The van der Waals surface area contributed by atoms with E-state index in [1.807, 2.05) is 0 Å². The maximum atomic E-state index is 13.4. The maximum absolute atomic E-state index is 13.4. The third-order valence-corrected chi connectivity index (χ3v) is 14.5. The van der Waals surface area contributed by atoms with Gasteiger partial charge in [0.25, 0.3) is 0 Å². The quantitative estimate of drug-likeness (QED) is 0.281. The first-order chi connectivity index (χ1) is 20.0. The lowest BCUT2D eigenvalue weighted by Crippen LogP contribution is -2.65. The van der Waals surface area contributed by atoms with Gasteiger partial charge in [-0.15, -0.1) is 0 Å². The van der Waals surface area contributed by atoms with Gasteiger partial charge < -0.3 is 9.47 Å². The van der Waals surface area contributed by atoms with Crippen LogP contribution in [0.4, 0.5) is 0 Å². The van der Waals surface area contributed by atoms with E-state index in [0.29, 0.717) is 42.5 Å². The van der Waals surface area contributed by atoms with Gasteiger partial charge in [-0.2, -0.15) is 0 Å². The third-order valence-electron chi connectivity index (χ3n) is 14.5. The minimum atomic E-state index is -0.261. The Kier molecular flexibility index (Phi) is 8.30. The first-order valence-corrected chi connectivity index (χ1v) is 18.1. The summed E-state index contributed by atoms with van der Waals surface area (Å²) in [7, 11) is 0. The Labute approximate surface area is 270 Å². The molecule has 0 aromatic heterocycles. The molecule has 0 spiro atoms. The van der Waals surface area contributed by atoms with Gasteiger partial charge in [0.1, 0.15) is 6.10 Å². The molecule has 0 aliphatic heterocycles. The molecule has 44 heavy (non-hydrogen) atoms. The second-order valence-corrected chi connectivity index (χ2v) is 19.8. The van der Waals surface area contributed by atoms with E-state index in [-0.39, 0.29) is 50.2 Å². The number of carbonyl (C=O) groups excluding carboxylic acids is 2. The molecule has 0 N–H and O–H groups in total. The zero-order valence-corrected chi connectivity index (χ0v) is 30.8. The van der Waals surface area contributed by atoms with E-state index in [4.69, 9.17) is 9.47 Å². The van der Waals surface area contributed by atoms with E-state index in [9.17, 15) is 9.59 Å². The molecule has 4 nitrogen and oxygen atoms in total. The smallest absolute Gasteiger partial charge is 0.306 e. The molecule has 0 saturated heterocycles. The summed E-state index contributed by atoms with van der Waals surface area (Å²) in [5.41, 5.74) is 3.00. The van der Waals surface area contributed by atoms with Gasteiger partial charge in [-0.1, -0.05) is 74.8 Å². The van der Waals surface area contributed by atoms with E-state index in [1.54, 1.807) is 5.57 Å². The van der Waals surface area contributed by atoms with Crippen molar-refractivity contribution in [2.45, 2.75) is 166 Å². The number of Topliss-reactive ketones (excluding diaryl/α,β-unsaturated/α-hetero) is 1. The van der Waals surface area contributed by atoms with Crippen LogP contribution in [0.3, 0.4) is 0 Å². The topological polar surface area (TPSA) is 52.6 Å². The van der Waals surface area contributed by atoms with Gasteiger partial charge in [0.15, 0.2) is 5.78 Å². The van der Waals surface area contributed by atoms with Crippen LogP contribution in [-0.2, 0) is 19.1 Å². The predicted molar refractivity (Wildman–Crippen MR) is 179 cm³/mol. The summed E-state index contributed by atoms with van der Waals surface area (Å²) in [5.74, 6) is 2.39. The summed E-state index contributed by atoms with van der Waals surface area (Å²) < 4.78 is 12.4. The van der Waals surface area contributed by atoms with E-state index in [0.717, 1.165) is 25.7 Å². The van der Waals surface area contributed by atoms with Crippen LogP contribution in [0.25, 0.3) is 0 Å². The highest BCUT2D eigenvalue weighted by Crippen LogP contribution is 2.76. The second-order valence-electron chi connectivity index (χ2n) is 19.8. The van der Waals surface area contributed by atoms with Crippen molar-refractivity contribution in [1.82, 2.24) is 0 Å². The van der Waals surface area contributed by atoms with Gasteiger partial charge in [0.2, 0.25) is 0 Å². The van der Waals surface area contributed by atoms with Crippen molar-refractivity contribution in [1.29, 1.82) is 0 Å². The van der Waals surface area contributed by atoms with Crippen molar-refractivity contribution in [3.05, 3.63) is 11.1 Å². The number of ketones is 1. The molecule has 8 atom stereocenters. The minimum absolute atomic E-state index is 0.0395. The lowest BCUT2D eigenvalue weighted by Gasteiger charge is -2.72. The molecule has 8 unspecified atom stereocenters. The number of carbonyl (C=O) groups is 2. The van der Waals surface area contributed by atoms with Crippen molar-refractivity contribution < 1.29 is 19.1 Å². The molecule has 5 aliphatic rings. The van der Waals surface area contributed by atoms with Gasteiger partial charge in [0.05, 0.1) is 18.6 Å². The summed E-state index contributed by atoms with van der Waals surface area (Å²) in [6.45, 7) is 30.5. The Morgan fingerprint density at radius 3 is 2.11 bits per heavy atom. The fourth-order valence-corrected chi connectivity index (χ4v) is 12.1. The van der Waals surface area contributed by atoms with Crippen LogP contribution in [0, 0.1) is 56.2 Å². The van der Waals surface area contributed by atoms with Crippen LogP contribution in [0.5, 0.6) is 0 Å². The Morgan fingerprint density at radius 2 is 1.50 bits per heavy atom. The Morgan fingerprint density at radius 1 is 0.841 bits per heavy atom. The Balaban J connectivity index is 1.37. The monoisotopic (exact) mass is 610 g/mol. The van der Waals surface area contributed by atoms with Crippen molar-refractivity contribution in [2.75, 3.05) is 6.61 Å². The summed E-state index contributed by atoms with van der Waals surface area (Å²) in [6.07, 6.45) is 10.5. The number of fused-ring (bicyclic) bond motifs is 7. The van der Waals surface area contributed by atoms with Crippen LogP contribution in [0.1, 0.15) is 154 Å². The number of esters is 1. The lowest BCUT2D eigenvalue weighted by molar-refractivity contribution is -0.233. The number of ether oxygens (including phenoxy) is 2. The number of hydrogen-bond donors (Lipinski definition) is 0. The zero-order valence-electron chi connectivity index (χ0n) is 30.8. The second kappa shape index (κ2) is 10.7. The van der Waals surface area contributed by atoms with Crippen molar-refractivity contribution in [2.24, 2.45) is 56.2 Å². The normalized spacial score (nSPS) is 42.0. The van der Waals surface area contributed by atoms with E-state index >= 15 is 0 Å². The molecule has 4 fully saturated rings. The molecule has 4 heteroatoms. The summed E-state index contributed by atoms with van der Waals surface area (Å²) in [4.78, 5) is 26.8. The predicted octanol–water partition coefficient (Wildman–Crippen LogP) is 10.1. The molecular formula is C40H66O4. The van der Waals surface area contributed by atoms with Crippen LogP contribution in [0.2, 0.25) is 0 Å². The van der Waals surface area contributed by atoms with Gasteiger partial charge in [-0.3, -0.25) is 9.59 Å². The van der Waals surface area contributed by atoms with E-state index in [2.05, 4.69) is 90.0 Å². The van der Waals surface area contributed by atoms with Crippen LogP contribution in [-0.4, -0.2) is 30.1 Å². The number of rotatable bonds is 6. The summed E-state index contributed by atoms with van der Waals surface area (Å²) in [5, 5.41) is 0. The summed E-state index contributed by atoms with van der Waals surface area (Å²) >= 11 is 0. The maximum Gasteiger partial charge on any atom is 0.306 e. The molecule has 0 heterocycles. The first-order valence-electron chi connectivity index (χ1n) is 18.1. The van der Waals surface area contributed by atoms with Gasteiger partial charge >= 0.3 is 5.97 Å². The Hall–Kier alpha value is -1.16. The number of allylic oxidation sites excluding steroid dienone is 2. The molecule has 0 aromatic rings. The SMILES string of the molecule is CC(C)C1=C2C3CCC4C5(C)CCC(OC(=O)CC(C)(C)COC(C)(C)C)C(C)(C)C5CCC4(C)C3(C)CCC2(C)CC1=O. The molecule has 0 aromatic carbocycles. The van der Waals surface area contributed by atoms with E-state index < -0.39 is 0 Å². The van der Waals surface area contributed by atoms with Crippen LogP contribution < -0.4 is 0 Å².